The van der Waals surface area contributed by atoms with Crippen LogP contribution in [0.15, 0.2) is 18.2 Å². The summed E-state index contributed by atoms with van der Waals surface area (Å²) >= 11 is 0. The van der Waals surface area contributed by atoms with Crippen molar-refractivity contribution in [1.29, 1.82) is 0 Å². The molecule has 1 aromatic rings. The molecule has 1 aromatic carbocycles. The van der Waals surface area contributed by atoms with Gasteiger partial charge in [-0.1, -0.05) is 12.5 Å². The second kappa shape index (κ2) is 5.03. The minimum atomic E-state index is -0.316. The molecular formula is C17H25BO3. The topological polar surface area (TPSA) is 27.7 Å². The molecule has 0 atom stereocenters. The van der Waals surface area contributed by atoms with Gasteiger partial charge in [0.15, 0.2) is 0 Å². The van der Waals surface area contributed by atoms with E-state index in [4.69, 9.17) is 14.0 Å². The first-order chi connectivity index (χ1) is 9.82. The Labute approximate surface area is 128 Å². The fraction of sp³-hybridized carbons (Fsp3) is 0.647. The molecule has 0 spiro atoms. The summed E-state index contributed by atoms with van der Waals surface area (Å²) in [5.41, 5.74) is 1.80. The minimum Gasteiger partial charge on any atom is -0.497 e. The van der Waals surface area contributed by atoms with Gasteiger partial charge in [0.25, 0.3) is 0 Å². The lowest BCUT2D eigenvalue weighted by Gasteiger charge is -2.32. The summed E-state index contributed by atoms with van der Waals surface area (Å²) in [7, 11) is 1.40. The van der Waals surface area contributed by atoms with E-state index < -0.39 is 0 Å². The maximum absolute atomic E-state index is 6.16. The standard InChI is InChI=1S/C17H25BO3/c1-16(2)17(3,4)21-18(20-16)14-9-13(12-7-6-8-12)10-15(11-14)19-5/h9-12H,6-8H2,1-5H3. The number of hydrogen-bond acceptors (Lipinski definition) is 3. The molecule has 0 unspecified atom stereocenters. The van der Waals surface area contributed by atoms with Crippen molar-refractivity contribution in [3.8, 4) is 5.75 Å². The fourth-order valence-electron chi connectivity index (χ4n) is 2.86. The van der Waals surface area contributed by atoms with Crippen molar-refractivity contribution in [3.63, 3.8) is 0 Å². The maximum atomic E-state index is 6.16. The van der Waals surface area contributed by atoms with Gasteiger partial charge in [0.1, 0.15) is 5.75 Å². The third kappa shape index (κ3) is 2.60. The summed E-state index contributed by atoms with van der Waals surface area (Å²) in [6.07, 6.45) is 3.87. The lowest BCUT2D eigenvalue weighted by atomic mass is 9.74. The number of rotatable bonds is 3. The van der Waals surface area contributed by atoms with E-state index in [-0.39, 0.29) is 18.3 Å². The first-order valence-corrected chi connectivity index (χ1v) is 7.87. The van der Waals surface area contributed by atoms with E-state index >= 15 is 0 Å². The summed E-state index contributed by atoms with van der Waals surface area (Å²) in [6.45, 7) is 8.33. The second-order valence-corrected chi connectivity index (χ2v) is 7.26. The molecule has 1 saturated carbocycles. The summed E-state index contributed by atoms with van der Waals surface area (Å²) < 4.78 is 17.8. The quantitative estimate of drug-likeness (QED) is 0.799. The molecule has 4 heteroatoms. The normalized spacial score (nSPS) is 24.0. The molecule has 114 valence electrons. The van der Waals surface area contributed by atoms with Crippen molar-refractivity contribution in [2.75, 3.05) is 7.11 Å². The van der Waals surface area contributed by atoms with Crippen LogP contribution in [0.4, 0.5) is 0 Å². The van der Waals surface area contributed by atoms with Crippen molar-refractivity contribution >= 4 is 12.6 Å². The van der Waals surface area contributed by atoms with Crippen LogP contribution in [0.1, 0.15) is 58.4 Å². The van der Waals surface area contributed by atoms with Gasteiger partial charge in [-0.3, -0.25) is 0 Å². The smallest absolute Gasteiger partial charge is 0.494 e. The Morgan fingerprint density at radius 3 is 2.14 bits per heavy atom. The average molecular weight is 288 g/mol. The predicted octanol–water partition coefficient (Wildman–Crippen LogP) is 3.26. The van der Waals surface area contributed by atoms with Crippen LogP contribution in [-0.4, -0.2) is 25.4 Å². The molecule has 1 aliphatic heterocycles. The van der Waals surface area contributed by atoms with Crippen LogP contribution in [0, 0.1) is 0 Å². The second-order valence-electron chi connectivity index (χ2n) is 7.26. The number of hydrogen-bond donors (Lipinski definition) is 0. The Balaban J connectivity index is 1.91. The highest BCUT2D eigenvalue weighted by atomic mass is 16.7. The van der Waals surface area contributed by atoms with E-state index in [0.717, 1.165) is 11.2 Å². The van der Waals surface area contributed by atoms with Crippen LogP contribution >= 0.6 is 0 Å². The van der Waals surface area contributed by atoms with Gasteiger partial charge in [0.05, 0.1) is 18.3 Å². The third-order valence-corrected chi connectivity index (χ3v) is 5.29. The van der Waals surface area contributed by atoms with Crippen LogP contribution in [-0.2, 0) is 9.31 Å². The SMILES string of the molecule is COc1cc(B2OC(C)(C)C(C)(C)O2)cc(C2CCC2)c1. The van der Waals surface area contributed by atoms with Crippen LogP contribution in [0.3, 0.4) is 0 Å². The highest BCUT2D eigenvalue weighted by molar-refractivity contribution is 6.62. The molecule has 0 N–H and O–H groups in total. The number of ether oxygens (including phenoxy) is 1. The average Bonchev–Trinajstić information content (AvgIpc) is 2.56. The number of methoxy groups -OCH3 is 1. The maximum Gasteiger partial charge on any atom is 0.494 e. The molecule has 1 saturated heterocycles. The van der Waals surface area contributed by atoms with Gasteiger partial charge in [-0.2, -0.15) is 0 Å². The first-order valence-electron chi connectivity index (χ1n) is 7.87. The highest BCUT2D eigenvalue weighted by Gasteiger charge is 2.51. The summed E-state index contributed by atoms with van der Waals surface area (Å²) in [4.78, 5) is 0. The Morgan fingerprint density at radius 2 is 1.67 bits per heavy atom. The fourth-order valence-corrected chi connectivity index (χ4v) is 2.86. The van der Waals surface area contributed by atoms with Gasteiger partial charge in [-0.15, -0.1) is 0 Å². The van der Waals surface area contributed by atoms with Gasteiger partial charge < -0.3 is 14.0 Å². The van der Waals surface area contributed by atoms with Crippen molar-refractivity contribution in [2.24, 2.45) is 0 Å². The zero-order valence-electron chi connectivity index (χ0n) is 13.7. The van der Waals surface area contributed by atoms with E-state index in [1.165, 1.54) is 24.8 Å². The van der Waals surface area contributed by atoms with E-state index in [2.05, 4.69) is 39.8 Å². The van der Waals surface area contributed by atoms with E-state index in [1.54, 1.807) is 7.11 Å². The van der Waals surface area contributed by atoms with E-state index in [1.807, 2.05) is 6.07 Å². The Morgan fingerprint density at radius 1 is 1.05 bits per heavy atom. The van der Waals surface area contributed by atoms with Crippen molar-refractivity contribution in [2.45, 2.75) is 64.1 Å². The molecule has 0 amide bonds. The minimum absolute atomic E-state index is 0.308. The molecule has 1 heterocycles. The number of benzene rings is 1. The van der Waals surface area contributed by atoms with Crippen molar-refractivity contribution in [3.05, 3.63) is 23.8 Å². The van der Waals surface area contributed by atoms with Crippen molar-refractivity contribution in [1.82, 2.24) is 0 Å². The zero-order valence-corrected chi connectivity index (χ0v) is 13.7. The van der Waals surface area contributed by atoms with Gasteiger partial charge in [-0.05, 0) is 69.6 Å². The molecule has 21 heavy (non-hydrogen) atoms. The Bertz CT molecular complexity index is 519. The molecular weight excluding hydrogens is 263 g/mol. The van der Waals surface area contributed by atoms with Gasteiger partial charge >= 0.3 is 7.12 Å². The van der Waals surface area contributed by atoms with E-state index in [0.29, 0.717) is 5.92 Å². The third-order valence-electron chi connectivity index (χ3n) is 5.29. The molecule has 0 aromatic heterocycles. The molecule has 2 fully saturated rings. The van der Waals surface area contributed by atoms with Crippen LogP contribution in [0.2, 0.25) is 0 Å². The predicted molar refractivity (Wildman–Crippen MR) is 85.3 cm³/mol. The van der Waals surface area contributed by atoms with Crippen LogP contribution in [0.25, 0.3) is 0 Å². The molecule has 0 bridgehead atoms. The Kier molecular flexibility index (Phi) is 3.57. The Hall–Kier alpha value is -0.995. The monoisotopic (exact) mass is 288 g/mol. The summed E-state index contributed by atoms with van der Waals surface area (Å²) in [5.74, 6) is 1.56. The molecule has 3 rings (SSSR count). The van der Waals surface area contributed by atoms with Crippen LogP contribution in [0.5, 0.6) is 5.75 Å². The summed E-state index contributed by atoms with van der Waals surface area (Å²) in [6, 6.07) is 6.41. The highest BCUT2D eigenvalue weighted by Crippen LogP contribution is 2.39. The zero-order chi connectivity index (χ0) is 15.3. The van der Waals surface area contributed by atoms with Gasteiger partial charge in [0, 0.05) is 0 Å². The largest absolute Gasteiger partial charge is 0.497 e. The van der Waals surface area contributed by atoms with Gasteiger partial charge in [0.2, 0.25) is 0 Å². The lowest BCUT2D eigenvalue weighted by molar-refractivity contribution is 0.00578. The van der Waals surface area contributed by atoms with Gasteiger partial charge in [-0.25, -0.2) is 0 Å². The molecule has 0 radical (unpaired) electrons. The lowest BCUT2D eigenvalue weighted by Crippen LogP contribution is -2.41. The first kappa shape index (κ1) is 14.9. The van der Waals surface area contributed by atoms with E-state index in [9.17, 15) is 0 Å². The van der Waals surface area contributed by atoms with Crippen molar-refractivity contribution < 1.29 is 14.0 Å². The molecule has 2 aliphatic rings. The molecule has 3 nitrogen and oxygen atoms in total. The summed E-state index contributed by atoms with van der Waals surface area (Å²) in [5, 5.41) is 0. The molecule has 1 aliphatic carbocycles. The van der Waals surface area contributed by atoms with Crippen LogP contribution < -0.4 is 10.2 Å².